The van der Waals surface area contributed by atoms with E-state index in [1.807, 2.05) is 31.2 Å². The Morgan fingerprint density at radius 1 is 1.30 bits per heavy atom. The molecule has 0 radical (unpaired) electrons. The molecule has 0 fully saturated rings. The van der Waals surface area contributed by atoms with Gasteiger partial charge < -0.3 is 4.74 Å². The zero-order valence-electron chi connectivity index (χ0n) is 17.0. The number of benzene rings is 1. The fourth-order valence-corrected chi connectivity index (χ4v) is 2.69. The summed E-state index contributed by atoms with van der Waals surface area (Å²) in [5.41, 5.74) is 11.4. The van der Waals surface area contributed by atoms with E-state index in [4.69, 9.17) is 10.3 Å². The van der Waals surface area contributed by atoms with E-state index in [1.54, 1.807) is 17.4 Å². The highest BCUT2D eigenvalue weighted by Crippen LogP contribution is 2.31. The van der Waals surface area contributed by atoms with E-state index in [9.17, 15) is 0 Å². The standard InChI is InChI=1S/C22H30N4O/c1-6-7-13-27-21-11-10-19(22(3,4)5)15-18(21)14-17(2)26(25-23)20-9-8-12-24-16-20/h8-12,14-16,23H,6-7,13H2,1-5H3/b17-14+,25-23?. The van der Waals surface area contributed by atoms with Crippen LogP contribution < -0.4 is 9.75 Å². The normalized spacial score (nSPS) is 12.0. The van der Waals surface area contributed by atoms with Crippen molar-refractivity contribution in [2.45, 2.75) is 52.9 Å². The van der Waals surface area contributed by atoms with Crippen LogP contribution in [0.3, 0.4) is 0 Å². The number of aromatic nitrogens is 1. The summed E-state index contributed by atoms with van der Waals surface area (Å²) < 4.78 is 6.01. The second kappa shape index (κ2) is 9.31. The Hall–Kier alpha value is -2.69. The van der Waals surface area contributed by atoms with Gasteiger partial charge in [-0.25, -0.2) is 5.01 Å². The van der Waals surface area contributed by atoms with Gasteiger partial charge in [0.1, 0.15) is 5.75 Å². The van der Waals surface area contributed by atoms with Crippen LogP contribution in [-0.4, -0.2) is 11.6 Å². The van der Waals surface area contributed by atoms with E-state index in [2.05, 4.69) is 50.0 Å². The Balaban J connectivity index is 2.42. The number of hydrogen-bond acceptors (Lipinski definition) is 4. The van der Waals surface area contributed by atoms with E-state index in [1.165, 1.54) is 5.56 Å². The molecular formula is C22H30N4O. The summed E-state index contributed by atoms with van der Waals surface area (Å²) in [5, 5.41) is 5.23. The molecule has 0 saturated heterocycles. The number of unbranched alkanes of at least 4 members (excludes halogenated alkanes) is 1. The minimum absolute atomic E-state index is 0.0429. The first kappa shape index (κ1) is 20.6. The Bertz CT molecular complexity index is 779. The van der Waals surface area contributed by atoms with Crippen LogP contribution in [-0.2, 0) is 5.41 Å². The number of nitrogens with one attached hydrogen (secondary N) is 1. The number of ether oxygens (including phenoxy) is 1. The molecule has 1 aromatic carbocycles. The van der Waals surface area contributed by atoms with Crippen LogP contribution in [0.4, 0.5) is 5.69 Å². The molecule has 0 bridgehead atoms. The Morgan fingerprint density at radius 2 is 2.07 bits per heavy atom. The quantitative estimate of drug-likeness (QED) is 0.335. The fourth-order valence-electron chi connectivity index (χ4n) is 2.69. The summed E-state index contributed by atoms with van der Waals surface area (Å²) in [7, 11) is 0. The van der Waals surface area contributed by atoms with Crippen molar-refractivity contribution < 1.29 is 4.74 Å². The number of pyridine rings is 1. The lowest BCUT2D eigenvalue weighted by molar-refractivity contribution is 0.308. The maximum Gasteiger partial charge on any atom is 0.126 e. The van der Waals surface area contributed by atoms with Crippen LogP contribution in [0.1, 0.15) is 58.6 Å². The van der Waals surface area contributed by atoms with Crippen molar-refractivity contribution in [1.29, 1.82) is 5.53 Å². The average Bonchev–Trinajstić information content (AvgIpc) is 2.63. The molecule has 2 aromatic rings. The summed E-state index contributed by atoms with van der Waals surface area (Å²) in [6, 6.07) is 10.0. The van der Waals surface area contributed by atoms with E-state index in [-0.39, 0.29) is 5.41 Å². The van der Waals surface area contributed by atoms with Crippen molar-refractivity contribution in [3.63, 3.8) is 0 Å². The van der Waals surface area contributed by atoms with Crippen molar-refractivity contribution in [3.8, 4) is 5.75 Å². The van der Waals surface area contributed by atoms with E-state index >= 15 is 0 Å². The highest BCUT2D eigenvalue weighted by molar-refractivity contribution is 5.65. The molecular weight excluding hydrogens is 336 g/mol. The molecule has 0 aliphatic heterocycles. The molecule has 0 unspecified atom stereocenters. The Kier molecular flexibility index (Phi) is 7.11. The second-order valence-corrected chi connectivity index (χ2v) is 7.61. The maximum atomic E-state index is 7.58. The van der Waals surface area contributed by atoms with Gasteiger partial charge in [0, 0.05) is 17.5 Å². The number of anilines is 1. The third-order valence-electron chi connectivity index (χ3n) is 4.32. The molecule has 27 heavy (non-hydrogen) atoms. The number of rotatable bonds is 8. The smallest absolute Gasteiger partial charge is 0.126 e. The fraction of sp³-hybridized carbons (Fsp3) is 0.409. The molecule has 1 N–H and O–H groups in total. The number of hydrogen-bond donors (Lipinski definition) is 1. The number of nitrogens with zero attached hydrogens (tertiary/aromatic N) is 3. The van der Waals surface area contributed by atoms with Gasteiger partial charge in [-0.3, -0.25) is 4.98 Å². The van der Waals surface area contributed by atoms with Gasteiger partial charge in [-0.1, -0.05) is 45.4 Å². The molecule has 5 nitrogen and oxygen atoms in total. The summed E-state index contributed by atoms with van der Waals surface area (Å²) in [6.45, 7) is 11.4. The molecule has 5 heteroatoms. The van der Waals surface area contributed by atoms with Crippen LogP contribution in [0, 0.1) is 5.53 Å². The molecule has 1 aromatic heterocycles. The summed E-state index contributed by atoms with van der Waals surface area (Å²) in [5.74, 6) is 0.854. The van der Waals surface area contributed by atoms with Crippen molar-refractivity contribution in [2.75, 3.05) is 11.6 Å². The molecule has 0 spiro atoms. The Labute approximate surface area is 162 Å². The van der Waals surface area contributed by atoms with Gasteiger partial charge in [-0.15, -0.1) is 0 Å². The van der Waals surface area contributed by atoms with Crippen molar-refractivity contribution in [2.24, 2.45) is 5.22 Å². The zero-order chi connectivity index (χ0) is 19.9. The molecule has 0 aliphatic rings. The minimum atomic E-state index is 0.0429. The van der Waals surface area contributed by atoms with Crippen molar-refractivity contribution >= 4 is 11.8 Å². The first-order valence-corrected chi connectivity index (χ1v) is 9.40. The molecule has 144 valence electrons. The van der Waals surface area contributed by atoms with E-state index in [0.717, 1.165) is 35.5 Å². The van der Waals surface area contributed by atoms with Gasteiger partial charge in [-0.2, -0.15) is 5.53 Å². The highest BCUT2D eigenvalue weighted by atomic mass is 16.5. The largest absolute Gasteiger partial charge is 0.493 e. The van der Waals surface area contributed by atoms with Crippen LogP contribution in [0.25, 0.3) is 6.08 Å². The molecule has 0 aliphatic carbocycles. The van der Waals surface area contributed by atoms with Crippen molar-refractivity contribution in [3.05, 3.63) is 59.5 Å². The summed E-state index contributed by atoms with van der Waals surface area (Å²) in [6.07, 6.45) is 7.53. The highest BCUT2D eigenvalue weighted by Gasteiger charge is 2.16. The van der Waals surface area contributed by atoms with Gasteiger partial charge in [0.2, 0.25) is 0 Å². The van der Waals surface area contributed by atoms with Gasteiger partial charge in [0.25, 0.3) is 0 Å². The first-order valence-electron chi connectivity index (χ1n) is 9.40. The lowest BCUT2D eigenvalue weighted by Crippen LogP contribution is -2.13. The monoisotopic (exact) mass is 366 g/mol. The van der Waals surface area contributed by atoms with Crippen LogP contribution >= 0.6 is 0 Å². The average molecular weight is 367 g/mol. The van der Waals surface area contributed by atoms with E-state index < -0.39 is 0 Å². The third-order valence-corrected chi connectivity index (χ3v) is 4.32. The predicted octanol–water partition coefficient (Wildman–Crippen LogP) is 6.37. The number of allylic oxidation sites excluding steroid dienone is 1. The minimum Gasteiger partial charge on any atom is -0.493 e. The second-order valence-electron chi connectivity index (χ2n) is 7.61. The molecule has 0 amide bonds. The van der Waals surface area contributed by atoms with Gasteiger partial charge >= 0.3 is 0 Å². The summed E-state index contributed by atoms with van der Waals surface area (Å²) >= 11 is 0. The predicted molar refractivity (Wildman–Crippen MR) is 111 cm³/mol. The maximum absolute atomic E-state index is 7.58. The zero-order valence-corrected chi connectivity index (χ0v) is 17.0. The van der Waals surface area contributed by atoms with Crippen LogP contribution in [0.5, 0.6) is 5.75 Å². The molecule has 1 heterocycles. The molecule has 0 saturated carbocycles. The van der Waals surface area contributed by atoms with Gasteiger partial charge in [0.15, 0.2) is 0 Å². The van der Waals surface area contributed by atoms with Gasteiger partial charge in [0.05, 0.1) is 18.5 Å². The summed E-state index contributed by atoms with van der Waals surface area (Å²) in [4.78, 5) is 4.12. The lowest BCUT2D eigenvalue weighted by Gasteiger charge is -2.22. The molecule has 2 rings (SSSR count). The first-order chi connectivity index (χ1) is 12.9. The third kappa shape index (κ3) is 5.64. The Morgan fingerprint density at radius 3 is 2.67 bits per heavy atom. The van der Waals surface area contributed by atoms with Gasteiger partial charge in [-0.05, 0) is 54.7 Å². The van der Waals surface area contributed by atoms with Crippen molar-refractivity contribution in [1.82, 2.24) is 4.98 Å². The molecule has 0 atom stereocenters. The van der Waals surface area contributed by atoms with E-state index in [0.29, 0.717) is 6.61 Å². The lowest BCUT2D eigenvalue weighted by atomic mass is 9.86. The van der Waals surface area contributed by atoms with Crippen LogP contribution in [0.2, 0.25) is 0 Å². The SMILES string of the molecule is CCCCOc1ccc(C(C)(C)C)cc1/C=C(\C)N(N=N)c1cccnc1. The van der Waals surface area contributed by atoms with Crippen LogP contribution in [0.15, 0.2) is 53.6 Å². The topological polar surface area (TPSA) is 61.6 Å².